The van der Waals surface area contributed by atoms with E-state index in [2.05, 4.69) is 123 Å². The van der Waals surface area contributed by atoms with E-state index in [0.29, 0.717) is 0 Å². The topological polar surface area (TPSA) is 34.1 Å². The fourth-order valence-electron chi connectivity index (χ4n) is 8.94. The molecule has 0 heterocycles. The van der Waals surface area contributed by atoms with Crippen molar-refractivity contribution in [2.75, 3.05) is 40.0 Å². The third kappa shape index (κ3) is 5.01. The van der Waals surface area contributed by atoms with Crippen LogP contribution < -0.4 is 15.9 Å². The molecule has 5 heteroatoms. The van der Waals surface area contributed by atoms with Gasteiger partial charge >= 0.3 is 0 Å². The van der Waals surface area contributed by atoms with Gasteiger partial charge in [-0.1, -0.05) is 122 Å². The van der Waals surface area contributed by atoms with E-state index in [9.17, 15) is 9.13 Å². The van der Waals surface area contributed by atoms with E-state index in [1.54, 1.807) is 0 Å². The molecule has 0 spiro atoms. The summed E-state index contributed by atoms with van der Waals surface area (Å²) in [6.07, 6.45) is 4.49. The number of benzene rings is 10. The Kier molecular flexibility index (Phi) is 7.15. The van der Waals surface area contributed by atoms with Crippen LogP contribution in [0.2, 0.25) is 0 Å². The van der Waals surface area contributed by atoms with Crippen LogP contribution in [0.5, 0.6) is 0 Å². The van der Waals surface area contributed by atoms with Gasteiger partial charge in [0.2, 0.25) is 0 Å². The smallest absolute Gasteiger partial charge is 0.109 e. The molecule has 10 aromatic rings. The minimum atomic E-state index is -2.38. The van der Waals surface area contributed by atoms with Gasteiger partial charge in [-0.05, 0) is 162 Å². The molecule has 0 unspecified atom stereocenters. The van der Waals surface area contributed by atoms with E-state index >= 15 is 0 Å². The van der Waals surface area contributed by atoms with Crippen LogP contribution in [0.3, 0.4) is 0 Å². The highest BCUT2D eigenvalue weighted by molar-refractivity contribution is 7.79. The third-order valence-corrected chi connectivity index (χ3v) is 16.5. The molecule has 54 heavy (non-hydrogen) atoms. The summed E-state index contributed by atoms with van der Waals surface area (Å²) in [6.45, 7) is 10.5. The number of hydrogen-bond acceptors (Lipinski definition) is 2. The van der Waals surface area contributed by atoms with Crippen LogP contribution in [0, 0.1) is 0 Å². The van der Waals surface area contributed by atoms with Gasteiger partial charge in [0, 0.05) is 10.6 Å². The summed E-state index contributed by atoms with van der Waals surface area (Å²) >= 11 is 0. The molecule has 0 aliphatic carbocycles. The lowest BCUT2D eigenvalue weighted by molar-refractivity contribution is 0.587. The minimum Gasteiger partial charge on any atom is -0.319 e. The van der Waals surface area contributed by atoms with Crippen LogP contribution in [0.15, 0.2) is 127 Å². The van der Waals surface area contributed by atoms with Crippen LogP contribution in [-0.2, 0) is 9.13 Å². The average molecular weight is 755 g/mol. The average Bonchev–Trinajstić information content (AvgIpc) is 3.15. The van der Waals surface area contributed by atoms with Crippen LogP contribution in [0.25, 0.3) is 98.0 Å². The van der Waals surface area contributed by atoms with E-state index in [4.69, 9.17) is 0 Å². The second-order valence-electron chi connectivity index (χ2n) is 16.6. The van der Waals surface area contributed by atoms with Crippen molar-refractivity contribution in [3.8, 4) is 33.4 Å². The lowest BCUT2D eigenvalue weighted by atomic mass is 9.78. The van der Waals surface area contributed by atoms with Crippen LogP contribution in [0.4, 0.5) is 0 Å². The van der Waals surface area contributed by atoms with Gasteiger partial charge in [0.25, 0.3) is 0 Å². The van der Waals surface area contributed by atoms with E-state index < -0.39 is 21.2 Å². The van der Waals surface area contributed by atoms with Gasteiger partial charge in [-0.25, -0.2) is 0 Å². The molecule has 0 amide bonds. The largest absolute Gasteiger partial charge is 0.319 e. The first-order valence-electron chi connectivity index (χ1n) is 18.5. The normalized spacial score (nSPS) is 13.2. The van der Waals surface area contributed by atoms with Crippen molar-refractivity contribution in [2.24, 2.45) is 0 Å². The van der Waals surface area contributed by atoms with Crippen molar-refractivity contribution < 1.29 is 9.13 Å². The molecule has 0 atom stereocenters. The van der Waals surface area contributed by atoms with Crippen molar-refractivity contribution in [1.29, 1.82) is 0 Å². The molecule has 10 rings (SSSR count). The van der Waals surface area contributed by atoms with Crippen molar-refractivity contribution in [3.63, 3.8) is 0 Å². The Morgan fingerprint density at radius 2 is 0.630 bits per heavy atom. The van der Waals surface area contributed by atoms with Crippen molar-refractivity contribution >= 4 is 108 Å². The maximum absolute atomic E-state index is 13.0. The monoisotopic (exact) mass is 754 g/mol. The van der Waals surface area contributed by atoms with E-state index in [1.165, 1.54) is 92.2 Å². The van der Waals surface area contributed by atoms with Gasteiger partial charge in [-0.3, -0.25) is 0 Å². The second-order valence-corrected chi connectivity index (χ2v) is 26.9. The molecule has 10 aromatic carbocycles. The van der Waals surface area contributed by atoms with Crippen LogP contribution in [0.1, 0.15) is 0 Å². The predicted molar refractivity (Wildman–Crippen MR) is 245 cm³/mol. The minimum absolute atomic E-state index is 0.898. The molecule has 0 fully saturated rings. The zero-order chi connectivity index (χ0) is 37.5. The van der Waals surface area contributed by atoms with Gasteiger partial charge in [-0.2, -0.15) is 0 Å². The zero-order valence-electron chi connectivity index (χ0n) is 31.5. The Morgan fingerprint density at radius 3 is 0.889 bits per heavy atom. The van der Waals surface area contributed by atoms with E-state index in [-0.39, 0.29) is 0 Å². The van der Waals surface area contributed by atoms with Crippen molar-refractivity contribution in [3.05, 3.63) is 127 Å². The van der Waals surface area contributed by atoms with Gasteiger partial charge in [0.1, 0.15) is 14.3 Å². The zero-order valence-corrected chi connectivity index (χ0v) is 34.2. The third-order valence-electron chi connectivity index (χ3n) is 11.7. The molecule has 0 bridgehead atoms. The first-order chi connectivity index (χ1) is 25.7. The summed E-state index contributed by atoms with van der Waals surface area (Å²) in [6, 6.07) is 46.9. The molecule has 0 saturated carbocycles. The van der Waals surface area contributed by atoms with Crippen molar-refractivity contribution in [1.82, 2.24) is 0 Å². The lowest BCUT2D eigenvalue weighted by Gasteiger charge is -2.25. The maximum Gasteiger partial charge on any atom is 0.109 e. The predicted octanol–water partition coefficient (Wildman–Crippen LogP) is 12.8. The van der Waals surface area contributed by atoms with Gasteiger partial charge in [-0.15, -0.1) is 0 Å². The Bertz CT molecular complexity index is 2880. The summed E-state index contributed by atoms with van der Waals surface area (Å²) in [5.41, 5.74) is 7.08. The fourth-order valence-corrected chi connectivity index (χ4v) is 11.6. The summed E-state index contributed by atoms with van der Waals surface area (Å²) in [7, 11) is -4.76. The Balaban J connectivity index is 1.35. The highest BCUT2D eigenvalue weighted by atomic mass is 31.2. The molecule has 0 radical (unpaired) electrons. The van der Waals surface area contributed by atoms with Crippen LogP contribution >= 0.6 is 21.2 Å². The summed E-state index contributed by atoms with van der Waals surface area (Å²) < 4.78 is 25.9. The Hall–Kier alpha value is -4.70. The first-order valence-corrected chi connectivity index (χ1v) is 26.5. The van der Waals surface area contributed by atoms with Gasteiger partial charge in [0.05, 0.1) is 0 Å². The van der Waals surface area contributed by atoms with Crippen molar-refractivity contribution in [2.45, 2.75) is 0 Å². The van der Waals surface area contributed by atoms with E-state index in [0.717, 1.165) is 21.7 Å². The fraction of sp³-hybridized carbons (Fsp3) is 0.122. The SMILES string of the molecule is C=P(C)(C)c1ccc(-c2cc3ccc4c(-c5ccc(P(C)(C)=O)cc5)cc5ccc6c(-c7ccc(P(C)(C)=O)cc7)cc7ccc2c2c3c4c5c6c72)cc1. The standard InChI is InChI=1S/C49H41O2P3/c1-52(2,3)35-17-8-29(9-18-35)41-26-32-15-24-39-43(31-12-21-37(22-13-31)54(6,7)51)28-34-16-25-40-42(30-10-19-36(20-11-30)53(4,5)50)27-33-14-23-38(41)47-44(32)48(39)46(34)49(40)45(33)47/h8-28H,1H2,2-7H3. The molecular weight excluding hydrogens is 713 g/mol. The van der Waals surface area contributed by atoms with Gasteiger partial charge in [0.15, 0.2) is 0 Å². The molecule has 0 N–H and O–H groups in total. The van der Waals surface area contributed by atoms with Gasteiger partial charge < -0.3 is 9.13 Å². The highest BCUT2D eigenvalue weighted by Gasteiger charge is 2.25. The quantitative estimate of drug-likeness (QED) is 0.0962. The highest BCUT2D eigenvalue weighted by Crippen LogP contribution is 2.53. The number of rotatable bonds is 6. The van der Waals surface area contributed by atoms with Crippen LogP contribution in [-0.4, -0.2) is 46.3 Å². The second kappa shape index (κ2) is 11.4. The molecule has 0 aliphatic rings. The molecule has 0 aliphatic heterocycles. The Morgan fingerprint density at radius 1 is 0.352 bits per heavy atom. The van der Waals surface area contributed by atoms with E-state index in [1.807, 2.05) is 50.9 Å². The molecule has 2 nitrogen and oxygen atoms in total. The number of hydrogen-bond donors (Lipinski definition) is 0. The molecular formula is C49H41O2P3. The lowest BCUT2D eigenvalue weighted by Crippen LogP contribution is -2.02. The summed E-state index contributed by atoms with van der Waals surface area (Å²) in [5, 5.41) is 18.4. The maximum atomic E-state index is 13.0. The molecule has 0 aromatic heterocycles. The summed E-state index contributed by atoms with van der Waals surface area (Å²) in [5.74, 6) is 0. The summed E-state index contributed by atoms with van der Waals surface area (Å²) in [4.78, 5) is 0. The Labute approximate surface area is 316 Å². The molecule has 0 saturated heterocycles. The molecule has 264 valence electrons. The first kappa shape index (κ1) is 33.8.